The second-order valence-corrected chi connectivity index (χ2v) is 5.45. The highest BCUT2D eigenvalue weighted by molar-refractivity contribution is 6.00. The van der Waals surface area contributed by atoms with Crippen LogP contribution < -0.4 is 0 Å². The summed E-state index contributed by atoms with van der Waals surface area (Å²) >= 11 is 0. The lowest BCUT2D eigenvalue weighted by atomic mass is 9.97. The Labute approximate surface area is 127 Å². The Morgan fingerprint density at radius 2 is 2.05 bits per heavy atom. The lowest BCUT2D eigenvalue weighted by molar-refractivity contribution is -0.143. The molecule has 2 heterocycles. The lowest BCUT2D eigenvalue weighted by Gasteiger charge is -2.30. The van der Waals surface area contributed by atoms with E-state index in [1.54, 1.807) is 4.90 Å². The fourth-order valence-corrected chi connectivity index (χ4v) is 2.81. The minimum Gasteiger partial charge on any atom is -0.481 e. The number of carbonyl (C=O) groups is 2. The first-order valence-electron chi connectivity index (χ1n) is 7.27. The van der Waals surface area contributed by atoms with Gasteiger partial charge in [-0.3, -0.25) is 14.7 Å². The number of aliphatic carboxylic acids is 1. The van der Waals surface area contributed by atoms with Crippen LogP contribution in [-0.2, 0) is 4.79 Å². The molecular formula is C16H17N3O3. The number of rotatable bonds is 3. The highest BCUT2D eigenvalue weighted by Gasteiger charge is 2.30. The summed E-state index contributed by atoms with van der Waals surface area (Å²) < 4.78 is 0. The quantitative estimate of drug-likeness (QED) is 0.907. The molecule has 0 aliphatic carbocycles. The Bertz CT molecular complexity index is 681. The van der Waals surface area contributed by atoms with Crippen LogP contribution >= 0.6 is 0 Å². The van der Waals surface area contributed by atoms with Crippen molar-refractivity contribution in [3.05, 3.63) is 42.1 Å². The topological polar surface area (TPSA) is 86.3 Å². The number of amides is 1. The highest BCUT2D eigenvalue weighted by atomic mass is 16.4. The van der Waals surface area contributed by atoms with Crippen molar-refractivity contribution in [2.45, 2.75) is 12.8 Å². The molecule has 3 rings (SSSR count). The van der Waals surface area contributed by atoms with Crippen LogP contribution in [0.1, 0.15) is 23.2 Å². The number of carboxylic acids is 1. The van der Waals surface area contributed by atoms with Gasteiger partial charge in [0.05, 0.1) is 23.4 Å². The van der Waals surface area contributed by atoms with Crippen molar-refractivity contribution in [3.8, 4) is 11.3 Å². The van der Waals surface area contributed by atoms with Gasteiger partial charge in [0.1, 0.15) is 0 Å². The summed E-state index contributed by atoms with van der Waals surface area (Å²) in [7, 11) is 0. The zero-order chi connectivity index (χ0) is 15.5. The van der Waals surface area contributed by atoms with E-state index in [1.165, 1.54) is 6.20 Å². The van der Waals surface area contributed by atoms with Crippen molar-refractivity contribution in [2.24, 2.45) is 5.92 Å². The van der Waals surface area contributed by atoms with E-state index in [-0.39, 0.29) is 12.5 Å². The van der Waals surface area contributed by atoms with E-state index in [1.807, 2.05) is 30.3 Å². The molecule has 1 fully saturated rings. The molecule has 0 unspecified atom stereocenters. The standard InChI is InChI=1S/C16H17N3O3/c20-15(19-8-4-7-12(10-19)16(21)22)13-9-17-18-14(13)11-5-2-1-3-6-11/h1-3,5-6,9,12H,4,7-8,10H2,(H,17,18)(H,21,22)/t12-/m0/s1. The van der Waals surface area contributed by atoms with E-state index in [4.69, 9.17) is 5.11 Å². The van der Waals surface area contributed by atoms with Crippen molar-refractivity contribution in [1.82, 2.24) is 15.1 Å². The van der Waals surface area contributed by atoms with E-state index in [0.717, 1.165) is 5.56 Å². The third-order valence-electron chi connectivity index (χ3n) is 3.99. The molecule has 1 amide bonds. The van der Waals surface area contributed by atoms with Gasteiger partial charge in [-0.15, -0.1) is 0 Å². The summed E-state index contributed by atoms with van der Waals surface area (Å²) in [6.07, 6.45) is 2.84. The highest BCUT2D eigenvalue weighted by Crippen LogP contribution is 2.24. The van der Waals surface area contributed by atoms with E-state index in [2.05, 4.69) is 10.2 Å². The van der Waals surface area contributed by atoms with Gasteiger partial charge in [0.25, 0.3) is 5.91 Å². The normalized spacial score (nSPS) is 18.2. The van der Waals surface area contributed by atoms with Gasteiger partial charge < -0.3 is 10.0 Å². The van der Waals surface area contributed by atoms with Crippen LogP contribution in [-0.4, -0.2) is 45.2 Å². The summed E-state index contributed by atoms with van der Waals surface area (Å²) in [6, 6.07) is 9.50. The summed E-state index contributed by atoms with van der Waals surface area (Å²) in [4.78, 5) is 25.4. The largest absolute Gasteiger partial charge is 0.481 e. The van der Waals surface area contributed by atoms with Gasteiger partial charge >= 0.3 is 5.97 Å². The molecule has 1 atom stereocenters. The molecule has 1 aromatic carbocycles. The number of H-pyrrole nitrogens is 1. The fraction of sp³-hybridized carbons (Fsp3) is 0.312. The number of likely N-dealkylation sites (tertiary alicyclic amines) is 1. The van der Waals surface area contributed by atoms with Crippen molar-refractivity contribution in [3.63, 3.8) is 0 Å². The third-order valence-corrected chi connectivity index (χ3v) is 3.99. The molecular weight excluding hydrogens is 282 g/mol. The Morgan fingerprint density at radius 1 is 1.27 bits per heavy atom. The second kappa shape index (κ2) is 6.01. The number of aromatic amines is 1. The first-order chi connectivity index (χ1) is 10.7. The average molecular weight is 299 g/mol. The number of nitrogens with one attached hydrogen (secondary N) is 1. The predicted octanol–water partition coefficient (Wildman–Crippen LogP) is 2.01. The monoisotopic (exact) mass is 299 g/mol. The Balaban J connectivity index is 1.84. The molecule has 2 aromatic rings. The van der Waals surface area contributed by atoms with Gasteiger partial charge in [0.2, 0.25) is 0 Å². The zero-order valence-corrected chi connectivity index (χ0v) is 12.0. The first-order valence-corrected chi connectivity index (χ1v) is 7.27. The molecule has 6 nitrogen and oxygen atoms in total. The first kappa shape index (κ1) is 14.3. The van der Waals surface area contributed by atoms with Crippen LogP contribution in [0.15, 0.2) is 36.5 Å². The van der Waals surface area contributed by atoms with Gasteiger partial charge in [0.15, 0.2) is 0 Å². The fourth-order valence-electron chi connectivity index (χ4n) is 2.81. The minimum absolute atomic E-state index is 0.168. The maximum Gasteiger partial charge on any atom is 0.308 e. The number of hydrogen-bond acceptors (Lipinski definition) is 3. The zero-order valence-electron chi connectivity index (χ0n) is 12.0. The lowest BCUT2D eigenvalue weighted by Crippen LogP contribution is -2.42. The van der Waals surface area contributed by atoms with Gasteiger partial charge in [-0.1, -0.05) is 30.3 Å². The molecule has 0 spiro atoms. The number of hydrogen-bond donors (Lipinski definition) is 2. The van der Waals surface area contributed by atoms with Crippen molar-refractivity contribution >= 4 is 11.9 Å². The molecule has 22 heavy (non-hydrogen) atoms. The predicted molar refractivity (Wildman–Crippen MR) is 80.3 cm³/mol. The van der Waals surface area contributed by atoms with Gasteiger partial charge in [-0.2, -0.15) is 5.10 Å². The molecule has 1 aliphatic rings. The van der Waals surface area contributed by atoms with Crippen molar-refractivity contribution in [1.29, 1.82) is 0 Å². The van der Waals surface area contributed by atoms with Crippen molar-refractivity contribution in [2.75, 3.05) is 13.1 Å². The van der Waals surface area contributed by atoms with Crippen molar-refractivity contribution < 1.29 is 14.7 Å². The summed E-state index contributed by atoms with van der Waals surface area (Å²) in [5.41, 5.74) is 2.04. The van der Waals surface area contributed by atoms with Crippen LogP contribution in [0.5, 0.6) is 0 Å². The number of carbonyl (C=O) groups excluding carboxylic acids is 1. The molecule has 0 radical (unpaired) electrons. The Morgan fingerprint density at radius 3 is 2.77 bits per heavy atom. The van der Waals surface area contributed by atoms with Crippen LogP contribution in [0.25, 0.3) is 11.3 Å². The maximum absolute atomic E-state index is 12.7. The number of carboxylic acid groups (broad SMARTS) is 1. The van der Waals surface area contributed by atoms with Crippen LogP contribution in [0.2, 0.25) is 0 Å². The summed E-state index contributed by atoms with van der Waals surface area (Å²) in [5.74, 6) is -1.49. The molecule has 1 saturated heterocycles. The smallest absolute Gasteiger partial charge is 0.308 e. The van der Waals surface area contributed by atoms with E-state index >= 15 is 0 Å². The molecule has 6 heteroatoms. The third kappa shape index (κ3) is 2.72. The van der Waals surface area contributed by atoms with E-state index < -0.39 is 11.9 Å². The van der Waals surface area contributed by atoms with Gasteiger partial charge in [-0.05, 0) is 12.8 Å². The minimum atomic E-state index is -0.840. The van der Waals surface area contributed by atoms with Crippen LogP contribution in [0.3, 0.4) is 0 Å². The Kier molecular flexibility index (Phi) is 3.91. The molecule has 1 aromatic heterocycles. The van der Waals surface area contributed by atoms with Crippen LogP contribution in [0.4, 0.5) is 0 Å². The Hall–Kier alpha value is -2.63. The molecule has 2 N–H and O–H groups in total. The van der Waals surface area contributed by atoms with E-state index in [9.17, 15) is 9.59 Å². The van der Waals surface area contributed by atoms with Gasteiger partial charge in [0, 0.05) is 18.7 Å². The molecule has 1 aliphatic heterocycles. The van der Waals surface area contributed by atoms with E-state index in [0.29, 0.717) is 30.6 Å². The summed E-state index contributed by atoms with van der Waals surface area (Å²) in [6.45, 7) is 0.843. The molecule has 0 saturated carbocycles. The SMILES string of the molecule is O=C(O)[C@H]1CCCN(C(=O)c2cn[nH]c2-c2ccccc2)C1. The second-order valence-electron chi connectivity index (χ2n) is 5.45. The summed E-state index contributed by atoms with van der Waals surface area (Å²) in [5, 5.41) is 16.0. The van der Waals surface area contributed by atoms with Crippen LogP contribution in [0, 0.1) is 5.92 Å². The number of benzene rings is 1. The number of nitrogens with zero attached hydrogens (tertiary/aromatic N) is 2. The average Bonchev–Trinajstić information content (AvgIpc) is 3.04. The molecule has 114 valence electrons. The number of aromatic nitrogens is 2. The number of piperidine rings is 1. The molecule has 0 bridgehead atoms. The van der Waals surface area contributed by atoms with Gasteiger partial charge in [-0.25, -0.2) is 0 Å². The maximum atomic E-state index is 12.7.